The van der Waals surface area contributed by atoms with Crippen molar-refractivity contribution >= 4 is 28.5 Å². The Bertz CT molecular complexity index is 1420. The molecule has 1 atom stereocenters. The Morgan fingerprint density at radius 2 is 1.57 bits per heavy atom. The molecule has 0 fully saturated rings. The smallest absolute Gasteiger partial charge is 0.453 e. The molecule has 0 saturated heterocycles. The van der Waals surface area contributed by atoms with Crippen molar-refractivity contribution in [2.75, 3.05) is 7.11 Å². The van der Waals surface area contributed by atoms with E-state index >= 15 is 0 Å². The number of benzene rings is 3. The van der Waals surface area contributed by atoms with Gasteiger partial charge in [0.05, 0.1) is 12.5 Å². The van der Waals surface area contributed by atoms with Gasteiger partial charge in [-0.3, -0.25) is 4.79 Å². The molecule has 180 valence electrons. The van der Waals surface area contributed by atoms with Crippen molar-refractivity contribution in [3.05, 3.63) is 94.3 Å². The van der Waals surface area contributed by atoms with E-state index in [1.807, 2.05) is 0 Å². The maximum Gasteiger partial charge on any atom is 0.453 e. The lowest BCUT2D eigenvalue weighted by atomic mass is 10.1. The van der Waals surface area contributed by atoms with Crippen LogP contribution in [-0.2, 0) is 11.0 Å². The van der Waals surface area contributed by atoms with Gasteiger partial charge in [-0.25, -0.2) is 4.79 Å². The van der Waals surface area contributed by atoms with Crippen LogP contribution in [0.2, 0.25) is 0 Å². The summed E-state index contributed by atoms with van der Waals surface area (Å²) in [5, 5.41) is -1.35. The fourth-order valence-electron chi connectivity index (χ4n) is 3.19. The first-order chi connectivity index (χ1) is 16.7. The maximum absolute atomic E-state index is 13.7. The first kappa shape index (κ1) is 24.2. The van der Waals surface area contributed by atoms with Crippen molar-refractivity contribution in [3.63, 3.8) is 0 Å². The highest BCUT2D eigenvalue weighted by molar-refractivity contribution is 6.30. The summed E-state index contributed by atoms with van der Waals surface area (Å²) in [5.74, 6) is -3.23. The minimum absolute atomic E-state index is 0.0254. The second kappa shape index (κ2) is 9.71. The first-order valence-corrected chi connectivity index (χ1v) is 10.5. The average molecular weight is 505 g/mol. The van der Waals surface area contributed by atoms with E-state index < -0.39 is 40.0 Å². The van der Waals surface area contributed by atoms with Crippen LogP contribution in [0.25, 0.3) is 11.0 Å². The molecule has 1 unspecified atom stereocenters. The fraction of sp³-hybridized carbons (Fsp3) is 0.120. The van der Waals surface area contributed by atoms with Crippen LogP contribution in [0.4, 0.5) is 13.2 Å². The molecule has 35 heavy (non-hydrogen) atoms. The van der Waals surface area contributed by atoms with Crippen LogP contribution in [0.15, 0.2) is 82.0 Å². The molecule has 0 spiro atoms. The third-order valence-electron chi connectivity index (χ3n) is 4.88. The summed E-state index contributed by atoms with van der Waals surface area (Å²) in [4.78, 5) is 25.3. The Labute approximate surface area is 201 Å². The number of carbonyl (C=O) groups is 1. The van der Waals surface area contributed by atoms with Crippen LogP contribution in [0.5, 0.6) is 23.0 Å². The largest absolute Gasteiger partial charge is 0.497 e. The number of ether oxygens (including phenoxy) is 3. The number of hydrogen-bond acceptors (Lipinski definition) is 6. The molecule has 0 bridgehead atoms. The molecule has 0 aliphatic heterocycles. The van der Waals surface area contributed by atoms with Crippen LogP contribution >= 0.6 is 11.6 Å². The molecule has 4 rings (SSSR count). The van der Waals surface area contributed by atoms with E-state index in [0.29, 0.717) is 11.3 Å². The molecule has 0 N–H and O–H groups in total. The van der Waals surface area contributed by atoms with Crippen molar-refractivity contribution in [1.29, 1.82) is 0 Å². The molecule has 0 radical (unpaired) electrons. The van der Waals surface area contributed by atoms with Crippen molar-refractivity contribution in [3.8, 4) is 23.0 Å². The van der Waals surface area contributed by atoms with Crippen molar-refractivity contribution in [1.82, 2.24) is 0 Å². The quantitative estimate of drug-likeness (QED) is 0.169. The summed E-state index contributed by atoms with van der Waals surface area (Å²) < 4.78 is 61.7. The monoisotopic (exact) mass is 504 g/mol. The van der Waals surface area contributed by atoms with E-state index in [2.05, 4.69) is 0 Å². The summed E-state index contributed by atoms with van der Waals surface area (Å²) in [6.07, 6.45) is -5.05. The Morgan fingerprint density at radius 3 is 2.20 bits per heavy atom. The Hall–Kier alpha value is -3.98. The molecular formula is C25H16ClF3O6. The molecule has 3 aromatic carbocycles. The number of fused-ring (bicyclic) bond motifs is 1. The lowest BCUT2D eigenvalue weighted by Crippen LogP contribution is -2.16. The number of carbonyl (C=O) groups excluding carboxylic acids is 1. The Kier molecular flexibility index (Phi) is 6.70. The second-order valence-electron chi connectivity index (χ2n) is 7.22. The van der Waals surface area contributed by atoms with Gasteiger partial charge < -0.3 is 18.6 Å². The van der Waals surface area contributed by atoms with Crippen LogP contribution < -0.4 is 19.6 Å². The van der Waals surface area contributed by atoms with Crippen LogP contribution in [0.3, 0.4) is 0 Å². The third kappa shape index (κ3) is 5.25. The topological polar surface area (TPSA) is 75.0 Å². The molecule has 1 aromatic heterocycles. The minimum atomic E-state index is -5.05. The van der Waals surface area contributed by atoms with Crippen LogP contribution in [0, 0.1) is 0 Å². The van der Waals surface area contributed by atoms with Gasteiger partial charge in [0.2, 0.25) is 11.2 Å². The molecule has 6 nitrogen and oxygen atoms in total. The lowest BCUT2D eigenvalue weighted by Gasteiger charge is -2.14. The molecule has 0 aliphatic carbocycles. The van der Waals surface area contributed by atoms with E-state index in [9.17, 15) is 22.8 Å². The van der Waals surface area contributed by atoms with Gasteiger partial charge in [0.15, 0.2) is 5.38 Å². The van der Waals surface area contributed by atoms with Crippen LogP contribution in [0.1, 0.15) is 16.7 Å². The number of alkyl halides is 4. The summed E-state index contributed by atoms with van der Waals surface area (Å²) >= 11 is 6.13. The molecule has 4 aromatic rings. The zero-order valence-electron chi connectivity index (χ0n) is 18.0. The molecule has 0 amide bonds. The first-order valence-electron chi connectivity index (χ1n) is 10.1. The van der Waals surface area contributed by atoms with E-state index in [-0.39, 0.29) is 16.9 Å². The summed E-state index contributed by atoms with van der Waals surface area (Å²) in [6, 6.07) is 17.4. The normalized spacial score (nSPS) is 12.3. The Morgan fingerprint density at radius 1 is 0.943 bits per heavy atom. The van der Waals surface area contributed by atoms with E-state index in [1.54, 1.807) is 30.3 Å². The average Bonchev–Trinajstić information content (AvgIpc) is 2.85. The van der Waals surface area contributed by atoms with Crippen molar-refractivity contribution in [2.45, 2.75) is 11.6 Å². The van der Waals surface area contributed by atoms with Gasteiger partial charge in [-0.1, -0.05) is 30.3 Å². The second-order valence-corrected chi connectivity index (χ2v) is 7.65. The highest BCUT2D eigenvalue weighted by atomic mass is 35.5. The minimum Gasteiger partial charge on any atom is -0.497 e. The van der Waals surface area contributed by atoms with Crippen molar-refractivity contribution < 1.29 is 36.6 Å². The number of methoxy groups -OCH3 is 1. The van der Waals surface area contributed by atoms with E-state index in [4.69, 9.17) is 30.2 Å². The summed E-state index contributed by atoms with van der Waals surface area (Å²) in [7, 11) is 1.43. The predicted molar refractivity (Wildman–Crippen MR) is 121 cm³/mol. The van der Waals surface area contributed by atoms with Gasteiger partial charge >= 0.3 is 12.1 Å². The van der Waals surface area contributed by atoms with Gasteiger partial charge in [-0.15, -0.1) is 11.6 Å². The zero-order chi connectivity index (χ0) is 25.2. The maximum atomic E-state index is 13.7. The number of halogens is 4. The molecular weight excluding hydrogens is 489 g/mol. The summed E-state index contributed by atoms with van der Waals surface area (Å²) in [5.41, 5.74) is -1.02. The van der Waals surface area contributed by atoms with Gasteiger partial charge in [-0.2, -0.15) is 13.2 Å². The van der Waals surface area contributed by atoms with E-state index in [1.165, 1.54) is 43.5 Å². The fourth-order valence-corrected chi connectivity index (χ4v) is 3.38. The predicted octanol–water partition coefficient (Wildman–Crippen LogP) is 6.50. The van der Waals surface area contributed by atoms with Crippen LogP contribution in [-0.4, -0.2) is 13.1 Å². The van der Waals surface area contributed by atoms with E-state index in [0.717, 1.165) is 6.07 Å². The molecule has 0 aliphatic rings. The molecule has 0 saturated carbocycles. The van der Waals surface area contributed by atoms with Gasteiger partial charge in [0, 0.05) is 6.07 Å². The van der Waals surface area contributed by atoms with Gasteiger partial charge in [0.25, 0.3) is 5.76 Å². The lowest BCUT2D eigenvalue weighted by molar-refractivity contribution is -0.154. The number of esters is 1. The zero-order valence-corrected chi connectivity index (χ0v) is 18.7. The summed E-state index contributed by atoms with van der Waals surface area (Å²) in [6.45, 7) is 0. The van der Waals surface area contributed by atoms with Gasteiger partial charge in [-0.05, 0) is 42.0 Å². The number of rotatable bonds is 6. The SMILES string of the molecule is COc1ccc(Oc2c(C(F)(F)F)oc3cc(OC(=O)C(Cl)c4ccccc4)ccc3c2=O)cc1. The highest BCUT2D eigenvalue weighted by Crippen LogP contribution is 2.39. The highest BCUT2D eigenvalue weighted by Gasteiger charge is 2.40. The van der Waals surface area contributed by atoms with Gasteiger partial charge in [0.1, 0.15) is 22.8 Å². The number of hydrogen-bond donors (Lipinski definition) is 0. The third-order valence-corrected chi connectivity index (χ3v) is 5.31. The molecule has 10 heteroatoms. The standard InChI is InChI=1S/C25H16ClF3O6/c1-32-15-7-9-16(10-8-15)33-22-21(30)18-12-11-17(13-19(18)35-23(22)25(27,28)29)34-24(31)20(26)14-5-3-2-4-6-14/h2-13,20H,1H3. The Balaban J connectivity index is 1.70. The van der Waals surface area contributed by atoms with Crippen molar-refractivity contribution in [2.24, 2.45) is 0 Å². The molecule has 1 heterocycles.